The minimum absolute atomic E-state index is 0.0388. The lowest BCUT2D eigenvalue weighted by atomic mass is 9.72. The summed E-state index contributed by atoms with van der Waals surface area (Å²) in [4.78, 5) is 52.7. The largest absolute Gasteiger partial charge is 0.465 e. The molecule has 2 aliphatic rings. The topological polar surface area (TPSA) is 142 Å². The number of hydrogen-bond donors (Lipinski definition) is 0. The van der Waals surface area contributed by atoms with Crippen molar-refractivity contribution in [2.24, 2.45) is 11.8 Å². The molecule has 4 rings (SSSR count). The van der Waals surface area contributed by atoms with Gasteiger partial charge in [0.25, 0.3) is 0 Å². The summed E-state index contributed by atoms with van der Waals surface area (Å²) in [7, 11) is 0. The van der Waals surface area contributed by atoms with Crippen LogP contribution in [0.1, 0.15) is 63.5 Å². The van der Waals surface area contributed by atoms with Gasteiger partial charge in [-0.1, -0.05) is 12.1 Å². The molecule has 2 aromatic carbocycles. The molecule has 2 heterocycles. The van der Waals surface area contributed by atoms with E-state index in [1.165, 1.54) is 0 Å². The quantitative estimate of drug-likeness (QED) is 0.161. The normalized spacial score (nSPS) is 14.2. The van der Waals surface area contributed by atoms with Crippen LogP contribution in [0.15, 0.2) is 36.4 Å². The number of ether oxygens (including phenoxy) is 8. The van der Waals surface area contributed by atoms with Gasteiger partial charge in [0.1, 0.15) is 0 Å². The third-order valence-electron chi connectivity index (χ3n) is 7.40. The van der Waals surface area contributed by atoms with E-state index in [1.807, 2.05) is 0 Å². The van der Waals surface area contributed by atoms with Gasteiger partial charge < -0.3 is 37.9 Å². The molecule has 0 saturated carbocycles. The van der Waals surface area contributed by atoms with E-state index in [0.29, 0.717) is 34.1 Å². The minimum Gasteiger partial charge on any atom is -0.465 e. The Morgan fingerprint density at radius 2 is 0.864 bits per heavy atom. The van der Waals surface area contributed by atoms with Crippen molar-refractivity contribution in [2.45, 2.75) is 52.4 Å². The summed E-state index contributed by atoms with van der Waals surface area (Å²) in [5, 5.41) is 0. The molecule has 2 aliphatic heterocycles. The molecule has 0 aromatic heterocycles. The lowest BCUT2D eigenvalue weighted by Gasteiger charge is -2.32. The molecule has 0 unspecified atom stereocenters. The average molecular weight is 615 g/mol. The second kappa shape index (κ2) is 15.3. The first-order chi connectivity index (χ1) is 21.3. The van der Waals surface area contributed by atoms with Crippen molar-refractivity contribution in [1.82, 2.24) is 0 Å². The van der Waals surface area contributed by atoms with E-state index in [0.717, 1.165) is 0 Å². The number of carbonyl (C=O) groups is 4. The summed E-state index contributed by atoms with van der Waals surface area (Å²) in [5.41, 5.74) is 1.34. The molecule has 0 amide bonds. The van der Waals surface area contributed by atoms with Gasteiger partial charge in [0.15, 0.2) is 34.8 Å². The molecule has 0 N–H and O–H groups in total. The van der Waals surface area contributed by atoms with Gasteiger partial charge in [0.05, 0.1) is 26.4 Å². The van der Waals surface area contributed by atoms with Crippen molar-refractivity contribution in [3.63, 3.8) is 0 Å². The zero-order valence-electron chi connectivity index (χ0n) is 25.3. The Kier molecular flexibility index (Phi) is 11.3. The van der Waals surface area contributed by atoms with Gasteiger partial charge >= 0.3 is 23.9 Å². The highest BCUT2D eigenvalue weighted by Crippen LogP contribution is 2.47. The van der Waals surface area contributed by atoms with Crippen molar-refractivity contribution in [2.75, 3.05) is 40.0 Å². The van der Waals surface area contributed by atoms with E-state index in [9.17, 15) is 19.2 Å². The first kappa shape index (κ1) is 32.4. The van der Waals surface area contributed by atoms with Crippen LogP contribution >= 0.6 is 0 Å². The molecule has 0 spiro atoms. The SMILES string of the molecule is CCOC(=O)C(C[C@@H](c1ccc2c(c1)OCO2)[C@@H](CC(C(=O)OCC)C(=O)OCC)c1ccc2c(c1)OCO2)C(=O)OCC. The summed E-state index contributed by atoms with van der Waals surface area (Å²) in [5.74, 6) is -4.85. The number of fused-ring (bicyclic) bond motifs is 2. The van der Waals surface area contributed by atoms with Crippen LogP contribution in [-0.2, 0) is 38.1 Å². The van der Waals surface area contributed by atoms with E-state index in [4.69, 9.17) is 37.9 Å². The Labute approximate surface area is 255 Å². The van der Waals surface area contributed by atoms with Gasteiger partial charge in [-0.3, -0.25) is 19.2 Å². The van der Waals surface area contributed by atoms with Crippen LogP contribution in [0.2, 0.25) is 0 Å². The van der Waals surface area contributed by atoms with Crippen LogP contribution in [0, 0.1) is 11.8 Å². The molecule has 0 saturated heterocycles. The molecule has 12 heteroatoms. The van der Waals surface area contributed by atoms with Gasteiger partial charge in [-0.05, 0) is 87.8 Å². The van der Waals surface area contributed by atoms with E-state index in [2.05, 4.69) is 0 Å². The maximum Gasteiger partial charge on any atom is 0.320 e. The molecule has 2 atom stereocenters. The smallest absolute Gasteiger partial charge is 0.320 e. The van der Waals surface area contributed by atoms with Crippen LogP contribution in [0.3, 0.4) is 0 Å². The maximum atomic E-state index is 13.2. The highest BCUT2D eigenvalue weighted by molar-refractivity contribution is 5.95. The monoisotopic (exact) mass is 614 g/mol. The zero-order valence-corrected chi connectivity index (χ0v) is 25.3. The number of hydrogen-bond acceptors (Lipinski definition) is 12. The fourth-order valence-electron chi connectivity index (χ4n) is 5.41. The van der Waals surface area contributed by atoms with E-state index < -0.39 is 47.5 Å². The molecule has 0 radical (unpaired) electrons. The standard InChI is InChI=1S/C32H38O12/c1-5-37-29(33)23(30(34)38-6-2)15-21(19-9-11-25-27(13-19)43-17-41-25)22(20-10-12-26-28(14-20)44-18-42-26)16-24(31(35)39-7-3)32(36)40-8-4/h9-14,21-24H,5-8,15-18H2,1-4H3/t21-,22-/m0/s1. The average Bonchev–Trinajstić information content (AvgIpc) is 3.68. The molecule has 0 fully saturated rings. The Bertz CT molecular complexity index is 1200. The van der Waals surface area contributed by atoms with Gasteiger partial charge in [0, 0.05) is 0 Å². The summed E-state index contributed by atoms with van der Waals surface area (Å²) in [6.07, 6.45) is -0.149. The zero-order chi connectivity index (χ0) is 31.6. The maximum absolute atomic E-state index is 13.2. The third-order valence-corrected chi connectivity index (χ3v) is 7.40. The number of rotatable bonds is 15. The lowest BCUT2D eigenvalue weighted by Crippen LogP contribution is -2.34. The van der Waals surface area contributed by atoms with Crippen molar-refractivity contribution in [1.29, 1.82) is 0 Å². The van der Waals surface area contributed by atoms with Crippen molar-refractivity contribution in [3.05, 3.63) is 47.5 Å². The van der Waals surface area contributed by atoms with Crippen LogP contribution < -0.4 is 18.9 Å². The molecule has 238 valence electrons. The molecule has 0 aliphatic carbocycles. The predicted octanol–water partition coefficient (Wildman–Crippen LogP) is 4.28. The van der Waals surface area contributed by atoms with Crippen LogP contribution in [0.4, 0.5) is 0 Å². The highest BCUT2D eigenvalue weighted by Gasteiger charge is 2.41. The van der Waals surface area contributed by atoms with Gasteiger partial charge in [-0.15, -0.1) is 0 Å². The summed E-state index contributed by atoms with van der Waals surface area (Å²) >= 11 is 0. The molecule has 12 nitrogen and oxygen atoms in total. The summed E-state index contributed by atoms with van der Waals surface area (Å²) < 4.78 is 43.4. The van der Waals surface area contributed by atoms with Crippen LogP contribution in [-0.4, -0.2) is 63.9 Å². The summed E-state index contributed by atoms with van der Waals surface area (Å²) in [6, 6.07) is 10.6. The number of carbonyl (C=O) groups excluding carboxylic acids is 4. The molecule has 44 heavy (non-hydrogen) atoms. The number of benzene rings is 2. The lowest BCUT2D eigenvalue weighted by molar-refractivity contribution is -0.164. The second-order valence-corrected chi connectivity index (χ2v) is 10.0. The Morgan fingerprint density at radius 1 is 0.545 bits per heavy atom. The van der Waals surface area contributed by atoms with Gasteiger partial charge in [-0.25, -0.2) is 0 Å². The Hall–Kier alpha value is -4.48. The van der Waals surface area contributed by atoms with E-state index in [-0.39, 0.29) is 52.9 Å². The minimum atomic E-state index is -1.30. The van der Waals surface area contributed by atoms with Crippen molar-refractivity contribution in [3.8, 4) is 23.0 Å². The fourth-order valence-corrected chi connectivity index (χ4v) is 5.41. The second-order valence-electron chi connectivity index (χ2n) is 10.0. The van der Waals surface area contributed by atoms with E-state index >= 15 is 0 Å². The molecular weight excluding hydrogens is 576 g/mol. The summed E-state index contributed by atoms with van der Waals surface area (Å²) in [6.45, 7) is 6.90. The fraction of sp³-hybridized carbons (Fsp3) is 0.500. The molecule has 0 bridgehead atoms. The van der Waals surface area contributed by atoms with Gasteiger partial charge in [0.2, 0.25) is 13.6 Å². The Balaban J connectivity index is 1.87. The molecular formula is C32H38O12. The molecule has 2 aromatic rings. The third kappa shape index (κ3) is 7.53. The number of esters is 4. The van der Waals surface area contributed by atoms with Crippen LogP contribution in [0.25, 0.3) is 0 Å². The first-order valence-electron chi connectivity index (χ1n) is 14.8. The highest BCUT2D eigenvalue weighted by atomic mass is 16.7. The van der Waals surface area contributed by atoms with Crippen molar-refractivity contribution < 1.29 is 57.1 Å². The van der Waals surface area contributed by atoms with E-state index in [1.54, 1.807) is 64.1 Å². The predicted molar refractivity (Wildman–Crippen MR) is 153 cm³/mol. The van der Waals surface area contributed by atoms with Crippen molar-refractivity contribution >= 4 is 23.9 Å². The van der Waals surface area contributed by atoms with Gasteiger partial charge in [-0.2, -0.15) is 0 Å². The first-order valence-corrected chi connectivity index (χ1v) is 14.8. The Morgan fingerprint density at radius 3 is 1.18 bits per heavy atom. The van der Waals surface area contributed by atoms with Crippen LogP contribution in [0.5, 0.6) is 23.0 Å².